The van der Waals surface area contributed by atoms with E-state index >= 15 is 0 Å². The SMILES string of the molecule is COCC(CNCc1cccs1)OC. The molecule has 0 radical (unpaired) electrons. The Balaban J connectivity index is 2.13. The minimum absolute atomic E-state index is 0.139. The summed E-state index contributed by atoms with van der Waals surface area (Å²) in [4.78, 5) is 1.34. The number of hydrogen-bond acceptors (Lipinski definition) is 4. The van der Waals surface area contributed by atoms with E-state index in [1.54, 1.807) is 25.6 Å². The van der Waals surface area contributed by atoms with Crippen molar-refractivity contribution in [2.45, 2.75) is 12.6 Å². The second-order valence-corrected chi connectivity index (χ2v) is 4.06. The zero-order valence-corrected chi connectivity index (χ0v) is 9.47. The highest BCUT2D eigenvalue weighted by molar-refractivity contribution is 7.09. The van der Waals surface area contributed by atoms with E-state index in [0.29, 0.717) is 6.61 Å². The Bertz CT molecular complexity index is 226. The molecule has 0 spiro atoms. The Morgan fingerprint density at radius 1 is 1.50 bits per heavy atom. The van der Waals surface area contributed by atoms with E-state index in [1.165, 1.54) is 4.88 Å². The molecule has 3 nitrogen and oxygen atoms in total. The van der Waals surface area contributed by atoms with Gasteiger partial charge in [-0.05, 0) is 11.4 Å². The summed E-state index contributed by atoms with van der Waals surface area (Å²) in [6.45, 7) is 2.36. The van der Waals surface area contributed by atoms with Crippen LogP contribution in [0, 0.1) is 0 Å². The fraction of sp³-hybridized carbons (Fsp3) is 0.600. The maximum absolute atomic E-state index is 5.23. The van der Waals surface area contributed by atoms with Crippen LogP contribution in [0.15, 0.2) is 17.5 Å². The summed E-state index contributed by atoms with van der Waals surface area (Å²) in [5, 5.41) is 5.41. The van der Waals surface area contributed by atoms with Gasteiger partial charge >= 0.3 is 0 Å². The summed E-state index contributed by atoms with van der Waals surface area (Å²) in [5.74, 6) is 0. The predicted molar refractivity (Wildman–Crippen MR) is 58.7 cm³/mol. The largest absolute Gasteiger partial charge is 0.382 e. The average Bonchev–Trinajstić information content (AvgIpc) is 2.69. The quantitative estimate of drug-likeness (QED) is 0.747. The van der Waals surface area contributed by atoms with Crippen LogP contribution in [0.3, 0.4) is 0 Å². The van der Waals surface area contributed by atoms with Crippen LogP contribution in [0.5, 0.6) is 0 Å². The summed E-state index contributed by atoms with van der Waals surface area (Å²) in [6.07, 6.45) is 0.139. The molecule has 1 aromatic rings. The highest BCUT2D eigenvalue weighted by Crippen LogP contribution is 2.07. The second kappa shape index (κ2) is 6.95. The molecule has 1 heterocycles. The van der Waals surface area contributed by atoms with Crippen molar-refractivity contribution in [1.82, 2.24) is 5.32 Å². The summed E-state index contributed by atoms with van der Waals surface area (Å²) >= 11 is 1.76. The fourth-order valence-electron chi connectivity index (χ4n) is 1.17. The lowest BCUT2D eigenvalue weighted by Crippen LogP contribution is -2.31. The van der Waals surface area contributed by atoms with Gasteiger partial charge in [-0.2, -0.15) is 0 Å². The zero-order valence-electron chi connectivity index (χ0n) is 8.66. The Kier molecular flexibility index (Phi) is 5.78. The maximum atomic E-state index is 5.23. The molecule has 0 aliphatic carbocycles. The van der Waals surface area contributed by atoms with Crippen molar-refractivity contribution in [2.24, 2.45) is 0 Å². The van der Waals surface area contributed by atoms with Crippen molar-refractivity contribution >= 4 is 11.3 Å². The monoisotopic (exact) mass is 215 g/mol. The predicted octanol–water partition coefficient (Wildman–Crippen LogP) is 1.50. The van der Waals surface area contributed by atoms with Gasteiger partial charge in [0.25, 0.3) is 0 Å². The first-order valence-corrected chi connectivity index (χ1v) is 5.49. The summed E-state index contributed by atoms with van der Waals surface area (Å²) in [7, 11) is 3.39. The first kappa shape index (κ1) is 11.7. The molecule has 0 bridgehead atoms. The molecule has 0 aromatic carbocycles. The topological polar surface area (TPSA) is 30.5 Å². The molecule has 0 aliphatic rings. The summed E-state index contributed by atoms with van der Waals surface area (Å²) in [6, 6.07) is 4.18. The number of ether oxygens (including phenoxy) is 2. The normalized spacial score (nSPS) is 13.0. The molecule has 80 valence electrons. The summed E-state index contributed by atoms with van der Waals surface area (Å²) in [5.41, 5.74) is 0. The molecule has 4 heteroatoms. The fourth-order valence-corrected chi connectivity index (χ4v) is 1.84. The molecule has 0 amide bonds. The number of thiophene rings is 1. The molecule has 0 fully saturated rings. The van der Waals surface area contributed by atoms with Crippen molar-refractivity contribution in [3.05, 3.63) is 22.4 Å². The van der Waals surface area contributed by atoms with Gasteiger partial charge in [0.15, 0.2) is 0 Å². The van der Waals surface area contributed by atoms with Crippen LogP contribution in [0.4, 0.5) is 0 Å². The van der Waals surface area contributed by atoms with Crippen LogP contribution < -0.4 is 5.32 Å². The van der Waals surface area contributed by atoms with E-state index < -0.39 is 0 Å². The van der Waals surface area contributed by atoms with Crippen molar-refractivity contribution in [2.75, 3.05) is 27.4 Å². The maximum Gasteiger partial charge on any atom is 0.0928 e. The number of rotatable bonds is 7. The van der Waals surface area contributed by atoms with E-state index in [1.807, 2.05) is 0 Å². The molecule has 1 aromatic heterocycles. The van der Waals surface area contributed by atoms with Crippen LogP contribution in [0.1, 0.15) is 4.88 Å². The third-order valence-electron chi connectivity index (χ3n) is 1.94. The van der Waals surface area contributed by atoms with Crippen molar-refractivity contribution < 1.29 is 9.47 Å². The van der Waals surface area contributed by atoms with Crippen LogP contribution in [-0.2, 0) is 16.0 Å². The zero-order chi connectivity index (χ0) is 10.2. The lowest BCUT2D eigenvalue weighted by Gasteiger charge is -2.14. The molecule has 1 rings (SSSR count). The molecule has 14 heavy (non-hydrogen) atoms. The molecule has 0 saturated carbocycles. The Morgan fingerprint density at radius 3 is 2.93 bits per heavy atom. The van der Waals surface area contributed by atoms with Gasteiger partial charge in [-0.1, -0.05) is 6.07 Å². The van der Waals surface area contributed by atoms with Crippen LogP contribution in [0.25, 0.3) is 0 Å². The van der Waals surface area contributed by atoms with E-state index in [9.17, 15) is 0 Å². The molecule has 0 saturated heterocycles. The lowest BCUT2D eigenvalue weighted by atomic mass is 10.3. The molecular weight excluding hydrogens is 198 g/mol. The van der Waals surface area contributed by atoms with Gasteiger partial charge < -0.3 is 14.8 Å². The number of methoxy groups -OCH3 is 2. The Labute approximate surface area is 89.0 Å². The van der Waals surface area contributed by atoms with Gasteiger partial charge in [-0.25, -0.2) is 0 Å². The van der Waals surface area contributed by atoms with Crippen molar-refractivity contribution in [3.8, 4) is 0 Å². The average molecular weight is 215 g/mol. The second-order valence-electron chi connectivity index (χ2n) is 3.02. The van der Waals surface area contributed by atoms with E-state index in [0.717, 1.165) is 13.1 Å². The van der Waals surface area contributed by atoms with E-state index in [4.69, 9.17) is 9.47 Å². The van der Waals surface area contributed by atoms with Crippen LogP contribution in [-0.4, -0.2) is 33.5 Å². The Hall–Kier alpha value is -0.420. The third kappa shape index (κ3) is 4.19. The minimum Gasteiger partial charge on any atom is -0.382 e. The number of hydrogen-bond donors (Lipinski definition) is 1. The number of nitrogens with one attached hydrogen (secondary N) is 1. The van der Waals surface area contributed by atoms with Crippen LogP contribution >= 0.6 is 11.3 Å². The van der Waals surface area contributed by atoms with Gasteiger partial charge in [0, 0.05) is 32.2 Å². The highest BCUT2D eigenvalue weighted by Gasteiger charge is 2.05. The van der Waals surface area contributed by atoms with Gasteiger partial charge in [0.2, 0.25) is 0 Å². The third-order valence-corrected chi connectivity index (χ3v) is 2.81. The van der Waals surface area contributed by atoms with Crippen molar-refractivity contribution in [1.29, 1.82) is 0 Å². The van der Waals surface area contributed by atoms with Crippen molar-refractivity contribution in [3.63, 3.8) is 0 Å². The van der Waals surface area contributed by atoms with E-state index in [-0.39, 0.29) is 6.10 Å². The Morgan fingerprint density at radius 2 is 2.36 bits per heavy atom. The van der Waals surface area contributed by atoms with Crippen LogP contribution in [0.2, 0.25) is 0 Å². The van der Waals surface area contributed by atoms with Gasteiger partial charge in [0.1, 0.15) is 0 Å². The molecule has 1 unspecified atom stereocenters. The summed E-state index contributed by atoms with van der Waals surface area (Å²) < 4.78 is 10.2. The first-order valence-electron chi connectivity index (χ1n) is 4.61. The lowest BCUT2D eigenvalue weighted by molar-refractivity contribution is 0.0288. The smallest absolute Gasteiger partial charge is 0.0928 e. The van der Waals surface area contributed by atoms with Gasteiger partial charge in [-0.15, -0.1) is 11.3 Å². The standard InChI is InChI=1S/C10H17NO2S/c1-12-8-9(13-2)6-11-7-10-4-3-5-14-10/h3-5,9,11H,6-8H2,1-2H3. The molecular formula is C10H17NO2S. The highest BCUT2D eigenvalue weighted by atomic mass is 32.1. The van der Waals surface area contributed by atoms with E-state index in [2.05, 4.69) is 22.8 Å². The first-order chi connectivity index (χ1) is 6.86. The van der Waals surface area contributed by atoms with Gasteiger partial charge in [-0.3, -0.25) is 0 Å². The minimum atomic E-state index is 0.139. The molecule has 1 atom stereocenters. The van der Waals surface area contributed by atoms with Gasteiger partial charge in [0.05, 0.1) is 12.7 Å². The molecule has 0 aliphatic heterocycles. The molecule has 1 N–H and O–H groups in total.